The largest absolute Gasteiger partial charge is 0.331 e. The maximum atomic E-state index is 12.1. The van der Waals surface area contributed by atoms with E-state index < -0.39 is 23.4 Å². The number of amides is 4. The maximum absolute atomic E-state index is 12.1. The number of barbiturate groups is 1. The van der Waals surface area contributed by atoms with Crippen molar-refractivity contribution in [1.29, 1.82) is 0 Å². The Balaban J connectivity index is 2.23. The molecule has 2 aliphatic rings. The van der Waals surface area contributed by atoms with E-state index >= 15 is 0 Å². The van der Waals surface area contributed by atoms with Crippen LogP contribution < -0.4 is 11.1 Å². The van der Waals surface area contributed by atoms with E-state index in [1.54, 1.807) is 0 Å². The summed E-state index contributed by atoms with van der Waals surface area (Å²) in [4.78, 5) is 36.4. The van der Waals surface area contributed by atoms with Crippen LogP contribution in [0.4, 0.5) is 4.79 Å². The zero-order chi connectivity index (χ0) is 12.6. The van der Waals surface area contributed by atoms with Gasteiger partial charge in [0.1, 0.15) is 0 Å². The molecule has 1 heterocycles. The fourth-order valence-electron chi connectivity index (χ4n) is 2.40. The van der Waals surface area contributed by atoms with Gasteiger partial charge in [0.25, 0.3) is 11.8 Å². The average molecular weight is 239 g/mol. The Kier molecular flexibility index (Phi) is 2.91. The van der Waals surface area contributed by atoms with Crippen LogP contribution in [0.3, 0.4) is 0 Å². The summed E-state index contributed by atoms with van der Waals surface area (Å²) in [5, 5.41) is 2.15. The molecule has 1 saturated heterocycles. The first kappa shape index (κ1) is 12.0. The number of carbonyl (C=O) groups is 3. The minimum atomic E-state index is -1.63. The fraction of sp³-hybridized carbons (Fsp3) is 0.727. The van der Waals surface area contributed by atoms with Crippen LogP contribution in [0.25, 0.3) is 0 Å². The van der Waals surface area contributed by atoms with Crippen molar-refractivity contribution in [2.45, 2.75) is 50.6 Å². The summed E-state index contributed by atoms with van der Waals surface area (Å²) in [6, 6.07) is -0.748. The summed E-state index contributed by atoms with van der Waals surface area (Å²) < 4.78 is 0. The molecule has 0 bridgehead atoms. The van der Waals surface area contributed by atoms with Crippen LogP contribution >= 0.6 is 0 Å². The third-order valence-corrected chi connectivity index (χ3v) is 3.51. The van der Waals surface area contributed by atoms with Gasteiger partial charge in [0, 0.05) is 6.04 Å². The normalized spacial score (nSPS) is 31.6. The van der Waals surface area contributed by atoms with E-state index in [0.29, 0.717) is 0 Å². The molecule has 1 saturated carbocycles. The molecule has 1 atom stereocenters. The molecule has 2 fully saturated rings. The van der Waals surface area contributed by atoms with Crippen molar-refractivity contribution in [1.82, 2.24) is 10.2 Å². The highest BCUT2D eigenvalue weighted by atomic mass is 16.2. The van der Waals surface area contributed by atoms with E-state index in [0.717, 1.165) is 37.0 Å². The number of hydrogen-bond acceptors (Lipinski definition) is 4. The first-order valence-corrected chi connectivity index (χ1v) is 5.92. The second-order valence-corrected chi connectivity index (χ2v) is 4.93. The standard InChI is InChI=1S/C11H17N3O3/c1-11(12)8(15)13-10(17)14(9(11)16)7-5-3-2-4-6-7/h7H,2-6,12H2,1H3,(H,13,15,17). The lowest BCUT2D eigenvalue weighted by atomic mass is 9.91. The van der Waals surface area contributed by atoms with Crippen molar-refractivity contribution in [3.63, 3.8) is 0 Å². The third-order valence-electron chi connectivity index (χ3n) is 3.51. The Morgan fingerprint density at radius 1 is 1.24 bits per heavy atom. The molecule has 0 radical (unpaired) electrons. The summed E-state index contributed by atoms with van der Waals surface area (Å²) in [5.74, 6) is -1.31. The van der Waals surface area contributed by atoms with Gasteiger partial charge >= 0.3 is 6.03 Å². The molecule has 6 heteroatoms. The Bertz CT molecular complexity index is 372. The Hall–Kier alpha value is -1.43. The lowest BCUT2D eigenvalue weighted by Crippen LogP contribution is -2.72. The SMILES string of the molecule is CC1(N)C(=O)NC(=O)N(C2CCCCC2)C1=O. The lowest BCUT2D eigenvalue weighted by molar-refractivity contribution is -0.145. The molecular weight excluding hydrogens is 222 g/mol. The highest BCUT2D eigenvalue weighted by molar-refractivity contribution is 6.22. The van der Waals surface area contributed by atoms with E-state index in [-0.39, 0.29) is 6.04 Å². The minimum absolute atomic E-state index is 0.118. The summed E-state index contributed by atoms with van der Waals surface area (Å²) in [7, 11) is 0. The maximum Gasteiger partial charge on any atom is 0.331 e. The number of rotatable bonds is 1. The van der Waals surface area contributed by atoms with Crippen molar-refractivity contribution >= 4 is 17.8 Å². The molecule has 0 aromatic heterocycles. The summed E-state index contributed by atoms with van der Waals surface area (Å²) in [6.45, 7) is 1.34. The van der Waals surface area contributed by atoms with Gasteiger partial charge in [-0.2, -0.15) is 0 Å². The van der Waals surface area contributed by atoms with Gasteiger partial charge in [-0.05, 0) is 19.8 Å². The number of nitrogens with zero attached hydrogens (tertiary/aromatic N) is 1. The van der Waals surface area contributed by atoms with Gasteiger partial charge in [0.05, 0.1) is 0 Å². The van der Waals surface area contributed by atoms with E-state index in [2.05, 4.69) is 5.32 Å². The van der Waals surface area contributed by atoms with Gasteiger partial charge in [-0.3, -0.25) is 19.8 Å². The van der Waals surface area contributed by atoms with Gasteiger partial charge < -0.3 is 5.73 Å². The second kappa shape index (κ2) is 4.10. The van der Waals surface area contributed by atoms with Crippen LogP contribution in [0.15, 0.2) is 0 Å². The number of urea groups is 1. The molecule has 6 nitrogen and oxygen atoms in total. The number of imide groups is 2. The molecule has 2 rings (SSSR count). The molecule has 1 aliphatic carbocycles. The third kappa shape index (κ3) is 1.93. The Morgan fingerprint density at radius 3 is 2.41 bits per heavy atom. The predicted molar refractivity (Wildman–Crippen MR) is 59.9 cm³/mol. The molecule has 0 aromatic rings. The highest BCUT2D eigenvalue weighted by Crippen LogP contribution is 2.26. The number of nitrogens with two attached hydrogens (primary N) is 1. The molecule has 3 N–H and O–H groups in total. The van der Waals surface area contributed by atoms with Crippen LogP contribution in [0.5, 0.6) is 0 Å². The van der Waals surface area contributed by atoms with E-state index in [1.165, 1.54) is 6.92 Å². The number of carbonyl (C=O) groups excluding carboxylic acids is 3. The molecule has 1 unspecified atom stereocenters. The summed E-state index contributed by atoms with van der Waals surface area (Å²) in [5.41, 5.74) is 4.04. The van der Waals surface area contributed by atoms with Gasteiger partial charge in [-0.15, -0.1) is 0 Å². The topological polar surface area (TPSA) is 92.5 Å². The van der Waals surface area contributed by atoms with Crippen molar-refractivity contribution in [2.24, 2.45) is 5.73 Å². The molecule has 4 amide bonds. The second-order valence-electron chi connectivity index (χ2n) is 4.93. The van der Waals surface area contributed by atoms with Crippen molar-refractivity contribution in [2.75, 3.05) is 0 Å². The van der Waals surface area contributed by atoms with Gasteiger partial charge in [0.15, 0.2) is 5.54 Å². The molecule has 0 aromatic carbocycles. The zero-order valence-electron chi connectivity index (χ0n) is 9.86. The van der Waals surface area contributed by atoms with Crippen LogP contribution in [-0.2, 0) is 9.59 Å². The monoisotopic (exact) mass is 239 g/mol. The van der Waals surface area contributed by atoms with E-state index in [9.17, 15) is 14.4 Å². The summed E-state index contributed by atoms with van der Waals surface area (Å²) in [6.07, 6.45) is 4.71. The van der Waals surface area contributed by atoms with Crippen LogP contribution in [0.1, 0.15) is 39.0 Å². The Morgan fingerprint density at radius 2 is 1.82 bits per heavy atom. The lowest BCUT2D eigenvalue weighted by Gasteiger charge is -2.40. The molecule has 1 aliphatic heterocycles. The average Bonchev–Trinajstić information content (AvgIpc) is 2.28. The predicted octanol–water partition coefficient (Wildman–Crippen LogP) is 0.115. The molecule has 0 spiro atoms. The van der Waals surface area contributed by atoms with E-state index in [1.807, 2.05) is 0 Å². The highest BCUT2D eigenvalue weighted by Gasteiger charge is 2.49. The first-order chi connectivity index (χ1) is 7.94. The first-order valence-electron chi connectivity index (χ1n) is 5.92. The fourth-order valence-corrected chi connectivity index (χ4v) is 2.40. The van der Waals surface area contributed by atoms with Crippen LogP contribution in [-0.4, -0.2) is 34.3 Å². The van der Waals surface area contributed by atoms with Crippen LogP contribution in [0.2, 0.25) is 0 Å². The van der Waals surface area contributed by atoms with Crippen molar-refractivity contribution in [3.05, 3.63) is 0 Å². The van der Waals surface area contributed by atoms with E-state index in [4.69, 9.17) is 5.73 Å². The minimum Gasteiger partial charge on any atom is -0.310 e. The molecular formula is C11H17N3O3. The number of nitrogens with one attached hydrogen (secondary N) is 1. The zero-order valence-corrected chi connectivity index (χ0v) is 9.86. The summed E-state index contributed by atoms with van der Waals surface area (Å²) >= 11 is 0. The van der Waals surface area contributed by atoms with Gasteiger partial charge in [-0.1, -0.05) is 19.3 Å². The molecule has 94 valence electrons. The van der Waals surface area contributed by atoms with Crippen molar-refractivity contribution < 1.29 is 14.4 Å². The molecule has 17 heavy (non-hydrogen) atoms. The smallest absolute Gasteiger partial charge is 0.310 e. The van der Waals surface area contributed by atoms with Crippen LogP contribution in [0, 0.1) is 0 Å². The Labute approximate surface area is 99.5 Å². The number of hydrogen-bond donors (Lipinski definition) is 2. The quantitative estimate of drug-likeness (QED) is 0.635. The van der Waals surface area contributed by atoms with Crippen molar-refractivity contribution in [3.8, 4) is 0 Å². The van der Waals surface area contributed by atoms with Gasteiger partial charge in [-0.25, -0.2) is 4.79 Å². The van der Waals surface area contributed by atoms with Gasteiger partial charge in [0.2, 0.25) is 0 Å².